The van der Waals surface area contributed by atoms with Crippen molar-refractivity contribution in [2.45, 2.75) is 32.6 Å². The summed E-state index contributed by atoms with van der Waals surface area (Å²) in [4.78, 5) is 0. The van der Waals surface area contributed by atoms with Crippen molar-refractivity contribution in [1.82, 2.24) is 4.72 Å². The van der Waals surface area contributed by atoms with Gasteiger partial charge in [-0.15, -0.1) is 0 Å². The zero-order valence-electron chi connectivity index (χ0n) is 9.21. The molecule has 3 nitrogen and oxygen atoms in total. The zero-order chi connectivity index (χ0) is 11.3. The van der Waals surface area contributed by atoms with Crippen molar-refractivity contribution in [2.75, 3.05) is 17.6 Å². The minimum atomic E-state index is -3.02. The van der Waals surface area contributed by atoms with Crippen molar-refractivity contribution in [2.24, 2.45) is 11.8 Å². The number of sulfonamides is 1. The van der Waals surface area contributed by atoms with Gasteiger partial charge in [0.05, 0.1) is 5.75 Å². The van der Waals surface area contributed by atoms with Crippen LogP contribution in [0.2, 0.25) is 0 Å². The van der Waals surface area contributed by atoms with Crippen molar-refractivity contribution in [3.05, 3.63) is 0 Å². The van der Waals surface area contributed by atoms with Gasteiger partial charge in [-0.05, 0) is 31.1 Å². The number of hydrogen-bond donors (Lipinski definition) is 1. The summed E-state index contributed by atoms with van der Waals surface area (Å²) in [5, 5.41) is 0.993. The average Bonchev–Trinajstić information content (AvgIpc) is 2.62. The lowest BCUT2D eigenvalue weighted by atomic mass is 9.99. The molecule has 1 rings (SSSR count). The molecule has 0 bridgehead atoms. The molecule has 0 radical (unpaired) electrons. The molecule has 1 fully saturated rings. The van der Waals surface area contributed by atoms with E-state index < -0.39 is 10.0 Å². The number of alkyl halides is 1. The Morgan fingerprint density at radius 1 is 1.33 bits per heavy atom. The van der Waals surface area contributed by atoms with Crippen molar-refractivity contribution < 1.29 is 8.42 Å². The first-order chi connectivity index (χ1) is 7.09. The molecule has 0 saturated heterocycles. The Labute approximate surface area is 101 Å². The highest BCUT2D eigenvalue weighted by atomic mass is 79.9. The molecule has 2 atom stereocenters. The molecule has 90 valence electrons. The van der Waals surface area contributed by atoms with Gasteiger partial charge < -0.3 is 0 Å². The van der Waals surface area contributed by atoms with Gasteiger partial charge >= 0.3 is 0 Å². The Balaban J connectivity index is 2.36. The van der Waals surface area contributed by atoms with E-state index in [0.29, 0.717) is 24.8 Å². The highest BCUT2D eigenvalue weighted by Gasteiger charge is 2.27. The van der Waals surface area contributed by atoms with Gasteiger partial charge in [0.1, 0.15) is 0 Å². The summed E-state index contributed by atoms with van der Waals surface area (Å²) in [6, 6.07) is 0. The van der Waals surface area contributed by atoms with Crippen molar-refractivity contribution in [3.8, 4) is 0 Å². The van der Waals surface area contributed by atoms with Crippen LogP contribution >= 0.6 is 15.9 Å². The van der Waals surface area contributed by atoms with Gasteiger partial charge in [-0.25, -0.2) is 13.1 Å². The second kappa shape index (κ2) is 6.21. The molecule has 0 aliphatic heterocycles. The van der Waals surface area contributed by atoms with Crippen molar-refractivity contribution >= 4 is 26.0 Å². The fraction of sp³-hybridized carbons (Fsp3) is 1.00. The summed E-state index contributed by atoms with van der Waals surface area (Å²) < 4.78 is 25.6. The molecule has 0 aromatic heterocycles. The first-order valence-electron chi connectivity index (χ1n) is 5.62. The molecule has 0 aromatic carbocycles. The first kappa shape index (κ1) is 13.5. The largest absolute Gasteiger partial charge is 0.215 e. The first-order valence-corrected chi connectivity index (χ1v) is 8.39. The normalized spacial score (nSPS) is 27.1. The van der Waals surface area contributed by atoms with Crippen LogP contribution in [-0.4, -0.2) is 26.0 Å². The topological polar surface area (TPSA) is 46.2 Å². The van der Waals surface area contributed by atoms with E-state index in [2.05, 4.69) is 20.7 Å². The molecule has 2 unspecified atom stereocenters. The van der Waals surface area contributed by atoms with Crippen LogP contribution in [0, 0.1) is 11.8 Å². The Morgan fingerprint density at radius 3 is 2.60 bits per heavy atom. The van der Waals surface area contributed by atoms with E-state index in [9.17, 15) is 8.42 Å². The molecular formula is C10H20BrNO2S. The minimum Gasteiger partial charge on any atom is -0.215 e. The summed E-state index contributed by atoms with van der Waals surface area (Å²) >= 11 is 3.49. The fourth-order valence-electron chi connectivity index (χ4n) is 2.16. The number of hydrogen-bond acceptors (Lipinski definition) is 2. The Kier molecular flexibility index (Phi) is 5.57. The summed E-state index contributed by atoms with van der Waals surface area (Å²) in [6.45, 7) is 2.51. The molecule has 5 heteroatoms. The standard InChI is InChI=1S/C10H20BrNO2S/c1-2-6-15(13,14)12-8-10-5-3-4-9(10)7-11/h9-10,12H,2-8H2,1H3. The smallest absolute Gasteiger partial charge is 0.211 e. The third-order valence-corrected chi connectivity index (χ3v) is 5.44. The Morgan fingerprint density at radius 2 is 2.00 bits per heavy atom. The van der Waals surface area contributed by atoms with Crippen LogP contribution in [-0.2, 0) is 10.0 Å². The highest BCUT2D eigenvalue weighted by molar-refractivity contribution is 9.09. The van der Waals surface area contributed by atoms with Crippen LogP contribution in [0.5, 0.6) is 0 Å². The van der Waals surface area contributed by atoms with Crippen LogP contribution in [0.1, 0.15) is 32.6 Å². The van der Waals surface area contributed by atoms with Gasteiger partial charge in [0.15, 0.2) is 0 Å². The van der Waals surface area contributed by atoms with Crippen LogP contribution in [0.25, 0.3) is 0 Å². The summed E-state index contributed by atoms with van der Waals surface area (Å²) in [5.74, 6) is 1.42. The third-order valence-electron chi connectivity index (χ3n) is 3.05. The number of rotatable bonds is 6. The maximum atomic E-state index is 11.5. The monoisotopic (exact) mass is 297 g/mol. The van der Waals surface area contributed by atoms with Crippen molar-refractivity contribution in [3.63, 3.8) is 0 Å². The van der Waals surface area contributed by atoms with E-state index in [-0.39, 0.29) is 5.75 Å². The lowest BCUT2D eigenvalue weighted by molar-refractivity contribution is 0.422. The van der Waals surface area contributed by atoms with E-state index in [1.165, 1.54) is 12.8 Å². The summed E-state index contributed by atoms with van der Waals surface area (Å²) in [5.41, 5.74) is 0. The molecule has 1 N–H and O–H groups in total. The summed E-state index contributed by atoms with van der Waals surface area (Å²) in [6.07, 6.45) is 4.30. The molecule has 0 heterocycles. The van der Waals surface area contributed by atoms with Gasteiger partial charge in [-0.3, -0.25) is 0 Å². The Bertz CT molecular complexity index is 279. The summed E-state index contributed by atoms with van der Waals surface area (Å²) in [7, 11) is -3.02. The molecule has 0 aromatic rings. The van der Waals surface area contributed by atoms with E-state index in [0.717, 1.165) is 11.8 Å². The predicted molar refractivity (Wildman–Crippen MR) is 66.7 cm³/mol. The molecular weight excluding hydrogens is 278 g/mol. The van der Waals surface area contributed by atoms with E-state index in [1.54, 1.807) is 0 Å². The quantitative estimate of drug-likeness (QED) is 0.764. The molecule has 0 spiro atoms. The van der Waals surface area contributed by atoms with Gasteiger partial charge in [0, 0.05) is 11.9 Å². The van der Waals surface area contributed by atoms with Crippen LogP contribution in [0.4, 0.5) is 0 Å². The van der Waals surface area contributed by atoms with Crippen molar-refractivity contribution in [1.29, 1.82) is 0 Å². The highest BCUT2D eigenvalue weighted by Crippen LogP contribution is 2.32. The lowest BCUT2D eigenvalue weighted by Gasteiger charge is -2.17. The second-order valence-electron chi connectivity index (χ2n) is 4.27. The average molecular weight is 298 g/mol. The Hall–Kier alpha value is 0.390. The van der Waals surface area contributed by atoms with Crippen LogP contribution in [0.3, 0.4) is 0 Å². The second-order valence-corrected chi connectivity index (χ2v) is 6.85. The lowest BCUT2D eigenvalue weighted by Crippen LogP contribution is -2.32. The number of nitrogens with one attached hydrogen (secondary N) is 1. The molecule has 1 saturated carbocycles. The third kappa shape index (κ3) is 4.41. The fourth-order valence-corrected chi connectivity index (χ4v) is 4.16. The molecule has 0 amide bonds. The van der Waals surface area contributed by atoms with E-state index in [4.69, 9.17) is 0 Å². The van der Waals surface area contributed by atoms with E-state index in [1.807, 2.05) is 6.92 Å². The predicted octanol–water partition coefficient (Wildman–Crippen LogP) is 2.13. The molecule has 1 aliphatic rings. The number of halogens is 1. The SMILES string of the molecule is CCCS(=O)(=O)NCC1CCCC1CBr. The molecule has 1 aliphatic carbocycles. The van der Waals surface area contributed by atoms with Gasteiger partial charge in [-0.2, -0.15) is 0 Å². The molecule has 15 heavy (non-hydrogen) atoms. The van der Waals surface area contributed by atoms with Gasteiger partial charge in [0.25, 0.3) is 0 Å². The van der Waals surface area contributed by atoms with Gasteiger partial charge in [0.2, 0.25) is 10.0 Å². The van der Waals surface area contributed by atoms with Crippen LogP contribution < -0.4 is 4.72 Å². The maximum Gasteiger partial charge on any atom is 0.211 e. The van der Waals surface area contributed by atoms with Gasteiger partial charge in [-0.1, -0.05) is 29.3 Å². The minimum absolute atomic E-state index is 0.249. The van der Waals surface area contributed by atoms with E-state index >= 15 is 0 Å². The zero-order valence-corrected chi connectivity index (χ0v) is 11.6. The maximum absolute atomic E-state index is 11.5. The van der Waals surface area contributed by atoms with Crippen LogP contribution in [0.15, 0.2) is 0 Å².